The van der Waals surface area contributed by atoms with E-state index in [2.05, 4.69) is 32.6 Å². The van der Waals surface area contributed by atoms with Crippen LogP contribution in [0.2, 0.25) is 0 Å². The Bertz CT molecular complexity index is 1020. The predicted molar refractivity (Wildman–Crippen MR) is 106 cm³/mol. The molecule has 0 bridgehead atoms. The van der Waals surface area contributed by atoms with Crippen molar-refractivity contribution in [1.29, 1.82) is 0 Å². The molecule has 0 radical (unpaired) electrons. The number of aromatic nitrogens is 3. The number of thiazole rings is 1. The highest BCUT2D eigenvalue weighted by Crippen LogP contribution is 2.24. The first-order valence-corrected chi connectivity index (χ1v) is 9.58. The van der Waals surface area contributed by atoms with Gasteiger partial charge in [0.2, 0.25) is 11.7 Å². The lowest BCUT2D eigenvalue weighted by atomic mass is 10.1. The van der Waals surface area contributed by atoms with E-state index in [0.717, 1.165) is 34.0 Å². The Morgan fingerprint density at radius 3 is 2.33 bits per heavy atom. The Labute approximate surface area is 161 Å². The molecule has 0 atom stereocenters. The standard InChI is InChI=1S/C21H19N3O2S/c1-14-22-19(13-27-14)16-6-8-17(9-7-16)21-23-20(26-24-21)12-5-15-3-10-18(25-2)11-4-15/h3-4,6-11,13H,5,12H2,1-2H3. The zero-order valence-corrected chi connectivity index (χ0v) is 16.0. The number of aryl methyl sites for hydroxylation is 3. The SMILES string of the molecule is COc1ccc(CCc2nc(-c3ccc(-c4csc(C)n4)cc3)no2)cc1. The van der Waals surface area contributed by atoms with E-state index in [4.69, 9.17) is 9.26 Å². The van der Waals surface area contributed by atoms with Gasteiger partial charge in [0, 0.05) is 22.9 Å². The van der Waals surface area contributed by atoms with Crippen molar-refractivity contribution < 1.29 is 9.26 Å². The van der Waals surface area contributed by atoms with Crippen LogP contribution in [-0.4, -0.2) is 22.2 Å². The molecule has 0 aliphatic carbocycles. The molecule has 0 N–H and O–H groups in total. The van der Waals surface area contributed by atoms with Crippen LogP contribution in [0.5, 0.6) is 5.75 Å². The highest BCUT2D eigenvalue weighted by Gasteiger charge is 2.10. The first-order valence-electron chi connectivity index (χ1n) is 8.70. The van der Waals surface area contributed by atoms with E-state index < -0.39 is 0 Å². The zero-order valence-electron chi connectivity index (χ0n) is 15.2. The second-order valence-electron chi connectivity index (χ2n) is 6.19. The zero-order chi connectivity index (χ0) is 18.6. The molecule has 136 valence electrons. The summed E-state index contributed by atoms with van der Waals surface area (Å²) in [5.74, 6) is 2.11. The van der Waals surface area contributed by atoms with Crippen molar-refractivity contribution in [1.82, 2.24) is 15.1 Å². The van der Waals surface area contributed by atoms with Crippen LogP contribution in [0.1, 0.15) is 16.5 Å². The largest absolute Gasteiger partial charge is 0.497 e. The molecule has 0 fully saturated rings. The third kappa shape index (κ3) is 4.06. The molecule has 0 aliphatic rings. The number of rotatable bonds is 6. The van der Waals surface area contributed by atoms with Crippen molar-refractivity contribution in [3.63, 3.8) is 0 Å². The summed E-state index contributed by atoms with van der Waals surface area (Å²) >= 11 is 1.65. The topological polar surface area (TPSA) is 61.0 Å². The lowest BCUT2D eigenvalue weighted by Crippen LogP contribution is -1.92. The molecule has 0 saturated heterocycles. The molecule has 2 aromatic carbocycles. The molecular weight excluding hydrogens is 358 g/mol. The summed E-state index contributed by atoms with van der Waals surface area (Å²) in [6, 6.07) is 16.1. The number of methoxy groups -OCH3 is 1. The summed E-state index contributed by atoms with van der Waals surface area (Å²) in [6.07, 6.45) is 1.54. The maximum Gasteiger partial charge on any atom is 0.227 e. The van der Waals surface area contributed by atoms with Crippen molar-refractivity contribution in [3.05, 3.63) is 70.4 Å². The minimum absolute atomic E-state index is 0.612. The molecule has 27 heavy (non-hydrogen) atoms. The van der Waals surface area contributed by atoms with E-state index in [1.807, 2.05) is 43.3 Å². The highest BCUT2D eigenvalue weighted by molar-refractivity contribution is 7.09. The molecule has 4 rings (SSSR count). The fourth-order valence-electron chi connectivity index (χ4n) is 2.80. The maximum atomic E-state index is 5.41. The first-order chi connectivity index (χ1) is 13.2. The van der Waals surface area contributed by atoms with Gasteiger partial charge in [-0.2, -0.15) is 4.98 Å². The van der Waals surface area contributed by atoms with Gasteiger partial charge in [-0.3, -0.25) is 0 Å². The summed E-state index contributed by atoms with van der Waals surface area (Å²) in [4.78, 5) is 9.03. The van der Waals surface area contributed by atoms with Gasteiger partial charge >= 0.3 is 0 Å². The second kappa shape index (κ2) is 7.72. The Hall–Kier alpha value is -2.99. The minimum atomic E-state index is 0.612. The molecule has 0 saturated carbocycles. The van der Waals surface area contributed by atoms with Crippen LogP contribution in [0.15, 0.2) is 58.4 Å². The minimum Gasteiger partial charge on any atom is -0.497 e. The first kappa shape index (κ1) is 17.4. The van der Waals surface area contributed by atoms with E-state index in [-0.39, 0.29) is 0 Å². The van der Waals surface area contributed by atoms with Crippen molar-refractivity contribution in [2.24, 2.45) is 0 Å². The number of nitrogens with zero attached hydrogens (tertiary/aromatic N) is 3. The van der Waals surface area contributed by atoms with E-state index in [1.165, 1.54) is 5.56 Å². The fraction of sp³-hybridized carbons (Fsp3) is 0.190. The number of hydrogen-bond donors (Lipinski definition) is 0. The van der Waals surface area contributed by atoms with Crippen molar-refractivity contribution in [2.45, 2.75) is 19.8 Å². The Kier molecular flexibility index (Phi) is 4.98. The van der Waals surface area contributed by atoms with Gasteiger partial charge in [-0.15, -0.1) is 11.3 Å². The maximum absolute atomic E-state index is 5.41. The predicted octanol–water partition coefficient (Wildman–Crippen LogP) is 4.96. The van der Waals surface area contributed by atoms with Crippen LogP contribution in [0.25, 0.3) is 22.6 Å². The molecule has 0 spiro atoms. The lowest BCUT2D eigenvalue weighted by Gasteiger charge is -2.01. The number of hydrogen-bond acceptors (Lipinski definition) is 6. The average Bonchev–Trinajstić information content (AvgIpc) is 3.36. The molecule has 0 unspecified atom stereocenters. The molecule has 0 amide bonds. The van der Waals surface area contributed by atoms with Crippen LogP contribution in [-0.2, 0) is 12.8 Å². The van der Waals surface area contributed by atoms with Gasteiger partial charge in [0.25, 0.3) is 0 Å². The van der Waals surface area contributed by atoms with E-state index in [9.17, 15) is 0 Å². The molecule has 2 aromatic heterocycles. The quantitative estimate of drug-likeness (QED) is 0.475. The summed E-state index contributed by atoms with van der Waals surface area (Å²) in [7, 11) is 1.67. The summed E-state index contributed by atoms with van der Waals surface area (Å²) in [6.45, 7) is 2.01. The Morgan fingerprint density at radius 1 is 0.926 bits per heavy atom. The van der Waals surface area contributed by atoms with Crippen LogP contribution in [0.4, 0.5) is 0 Å². The third-order valence-electron chi connectivity index (χ3n) is 4.31. The molecule has 2 heterocycles. The van der Waals surface area contributed by atoms with Crippen molar-refractivity contribution in [2.75, 3.05) is 7.11 Å². The molecule has 4 aromatic rings. The monoisotopic (exact) mass is 377 g/mol. The van der Waals surface area contributed by atoms with Crippen LogP contribution < -0.4 is 4.74 Å². The smallest absolute Gasteiger partial charge is 0.227 e. The lowest BCUT2D eigenvalue weighted by molar-refractivity contribution is 0.379. The van der Waals surface area contributed by atoms with Crippen LogP contribution in [0, 0.1) is 6.92 Å². The van der Waals surface area contributed by atoms with Gasteiger partial charge in [0.15, 0.2) is 0 Å². The highest BCUT2D eigenvalue weighted by atomic mass is 32.1. The molecular formula is C21H19N3O2S. The average molecular weight is 377 g/mol. The van der Waals surface area contributed by atoms with Gasteiger partial charge in [0.05, 0.1) is 17.8 Å². The Morgan fingerprint density at radius 2 is 1.67 bits per heavy atom. The van der Waals surface area contributed by atoms with Gasteiger partial charge in [-0.05, 0) is 31.0 Å². The molecule has 5 nitrogen and oxygen atoms in total. The van der Waals surface area contributed by atoms with Gasteiger partial charge in [0.1, 0.15) is 5.75 Å². The summed E-state index contributed by atoms with van der Waals surface area (Å²) in [5, 5.41) is 7.24. The summed E-state index contributed by atoms with van der Waals surface area (Å²) < 4.78 is 10.6. The van der Waals surface area contributed by atoms with Gasteiger partial charge < -0.3 is 9.26 Å². The Balaban J connectivity index is 1.42. The number of benzene rings is 2. The van der Waals surface area contributed by atoms with E-state index in [1.54, 1.807) is 18.4 Å². The van der Waals surface area contributed by atoms with Gasteiger partial charge in [-0.1, -0.05) is 41.6 Å². The summed E-state index contributed by atoms with van der Waals surface area (Å²) in [5.41, 5.74) is 4.23. The van der Waals surface area contributed by atoms with E-state index in [0.29, 0.717) is 18.1 Å². The second-order valence-corrected chi connectivity index (χ2v) is 7.25. The van der Waals surface area contributed by atoms with Crippen molar-refractivity contribution in [3.8, 4) is 28.4 Å². The number of ether oxygens (including phenoxy) is 1. The van der Waals surface area contributed by atoms with Gasteiger partial charge in [-0.25, -0.2) is 4.98 Å². The molecule has 6 heteroatoms. The van der Waals surface area contributed by atoms with Crippen molar-refractivity contribution >= 4 is 11.3 Å². The molecule has 0 aliphatic heterocycles. The fourth-order valence-corrected chi connectivity index (χ4v) is 3.43. The third-order valence-corrected chi connectivity index (χ3v) is 5.09. The van der Waals surface area contributed by atoms with Crippen LogP contribution in [0.3, 0.4) is 0 Å². The van der Waals surface area contributed by atoms with Crippen LogP contribution >= 0.6 is 11.3 Å². The van der Waals surface area contributed by atoms with E-state index >= 15 is 0 Å². The normalized spacial score (nSPS) is 10.9.